The molecule has 0 saturated carbocycles. The lowest BCUT2D eigenvalue weighted by molar-refractivity contribution is -0.293. The number of nitrogens with two attached hydrogens (primary N) is 1. The Bertz CT molecular complexity index is 1430. The molecule has 1 amide bonds. The van der Waals surface area contributed by atoms with Gasteiger partial charge in [-0.25, -0.2) is 8.78 Å². The van der Waals surface area contributed by atoms with Crippen LogP contribution < -0.4 is 11.2 Å². The van der Waals surface area contributed by atoms with Crippen LogP contribution >= 0.6 is 0 Å². The third-order valence-corrected chi connectivity index (χ3v) is 6.54. The zero-order chi connectivity index (χ0) is 27.3. The van der Waals surface area contributed by atoms with Gasteiger partial charge in [0.2, 0.25) is 0 Å². The monoisotopic (exact) mass is 527 g/mol. The van der Waals surface area contributed by atoms with Gasteiger partial charge in [-0.05, 0) is 37.1 Å². The molecular weight excluding hydrogens is 505 g/mol. The van der Waals surface area contributed by atoms with Crippen molar-refractivity contribution in [2.75, 3.05) is 13.9 Å². The number of H-pyrrole nitrogens is 1. The number of aromatic amines is 1. The van der Waals surface area contributed by atoms with E-state index in [0.717, 1.165) is 25.1 Å². The molecule has 0 spiro atoms. The molecule has 4 rings (SSSR count). The van der Waals surface area contributed by atoms with Crippen LogP contribution in [-0.4, -0.2) is 47.7 Å². The third kappa shape index (κ3) is 4.36. The minimum atomic E-state index is -4.98. The molecule has 8 nitrogen and oxygen atoms in total. The first-order valence-electron chi connectivity index (χ1n) is 10.9. The van der Waals surface area contributed by atoms with Crippen molar-refractivity contribution in [3.63, 3.8) is 0 Å². The molecule has 0 unspecified atom stereocenters. The molecule has 198 valence electrons. The van der Waals surface area contributed by atoms with E-state index in [1.54, 1.807) is 0 Å². The molecule has 1 fully saturated rings. The van der Waals surface area contributed by atoms with E-state index in [4.69, 9.17) is 19.9 Å². The van der Waals surface area contributed by atoms with E-state index in [1.807, 2.05) is 0 Å². The number of hydrogen-bond acceptors (Lipinski definition) is 6. The van der Waals surface area contributed by atoms with Crippen LogP contribution in [0.1, 0.15) is 46.3 Å². The predicted octanol–water partition coefficient (Wildman–Crippen LogP) is 3.77. The molecule has 3 N–H and O–H groups in total. The highest BCUT2D eigenvalue weighted by atomic mass is 19.4. The number of nitrogens with zero attached hydrogens (tertiary/aromatic N) is 1. The number of pyridine rings is 2. The van der Waals surface area contributed by atoms with E-state index >= 15 is 0 Å². The molecule has 1 aromatic carbocycles. The van der Waals surface area contributed by atoms with Gasteiger partial charge in [0.05, 0.1) is 10.9 Å². The number of rotatable bonds is 6. The van der Waals surface area contributed by atoms with Gasteiger partial charge in [0.15, 0.2) is 22.7 Å². The summed E-state index contributed by atoms with van der Waals surface area (Å²) in [6, 6.07) is 4.23. The zero-order valence-corrected chi connectivity index (χ0v) is 19.8. The Labute approximate surface area is 206 Å². The van der Waals surface area contributed by atoms with Crippen LogP contribution in [0.5, 0.6) is 0 Å². The first-order valence-corrected chi connectivity index (χ1v) is 10.9. The average molecular weight is 527 g/mol. The number of aromatic nitrogens is 2. The number of benzene rings is 1. The summed E-state index contributed by atoms with van der Waals surface area (Å²) in [4.78, 5) is 31.4. The number of fused-ring (bicyclic) bond motifs is 1. The molecule has 0 bridgehead atoms. The highest BCUT2D eigenvalue weighted by molar-refractivity contribution is 6.03. The number of nitrogens with one attached hydrogen (secondary N) is 1. The number of carbonyl (C=O) groups excluding carboxylic acids is 1. The molecule has 1 saturated heterocycles. The van der Waals surface area contributed by atoms with Gasteiger partial charge in [0.1, 0.15) is 24.7 Å². The minimum absolute atomic E-state index is 0.0218. The predicted molar refractivity (Wildman–Crippen MR) is 120 cm³/mol. The summed E-state index contributed by atoms with van der Waals surface area (Å²) in [6.07, 6.45) is -7.12. The molecule has 1 aliphatic rings. The van der Waals surface area contributed by atoms with Crippen LogP contribution in [0.4, 0.5) is 22.0 Å². The van der Waals surface area contributed by atoms with Gasteiger partial charge in [-0.2, -0.15) is 13.2 Å². The SMILES string of the molecule is COCO[C@H]1[C@@H](c2ccc(F)c(F)c2C)[C@H](c2cc(=O)c3c(C(N)=O)nccc3[nH]2)O[C@@]1(C)C(F)(F)F. The maximum absolute atomic E-state index is 14.6. The lowest BCUT2D eigenvalue weighted by Gasteiger charge is -2.33. The largest absolute Gasteiger partial charge is 0.419 e. The van der Waals surface area contributed by atoms with Gasteiger partial charge in [-0.3, -0.25) is 14.6 Å². The first kappa shape index (κ1) is 26.6. The van der Waals surface area contributed by atoms with Gasteiger partial charge in [0.25, 0.3) is 5.91 Å². The minimum Gasteiger partial charge on any atom is -0.364 e. The maximum Gasteiger partial charge on any atom is 0.419 e. The molecule has 37 heavy (non-hydrogen) atoms. The number of hydrogen-bond donors (Lipinski definition) is 2. The molecule has 3 aromatic rings. The first-order chi connectivity index (χ1) is 17.3. The molecule has 2 aromatic heterocycles. The Balaban J connectivity index is 1.99. The van der Waals surface area contributed by atoms with E-state index in [-0.39, 0.29) is 33.4 Å². The number of amides is 1. The summed E-state index contributed by atoms with van der Waals surface area (Å²) < 4.78 is 87.6. The van der Waals surface area contributed by atoms with Crippen molar-refractivity contribution in [1.29, 1.82) is 0 Å². The zero-order valence-electron chi connectivity index (χ0n) is 19.8. The van der Waals surface area contributed by atoms with Crippen molar-refractivity contribution in [2.45, 2.75) is 43.8 Å². The number of primary amides is 1. The summed E-state index contributed by atoms with van der Waals surface area (Å²) in [5.41, 5.74) is 0.940. The lowest BCUT2D eigenvalue weighted by Crippen LogP contribution is -2.52. The van der Waals surface area contributed by atoms with E-state index in [1.165, 1.54) is 26.3 Å². The molecule has 0 aliphatic carbocycles. The molecule has 1 aliphatic heterocycles. The van der Waals surface area contributed by atoms with Crippen molar-refractivity contribution in [3.8, 4) is 0 Å². The second-order valence-electron chi connectivity index (χ2n) is 8.77. The molecule has 13 heteroatoms. The summed E-state index contributed by atoms with van der Waals surface area (Å²) in [5.74, 6) is -4.78. The normalized spacial score (nSPS) is 24.1. The van der Waals surface area contributed by atoms with Crippen molar-refractivity contribution in [2.24, 2.45) is 5.73 Å². The fourth-order valence-electron chi connectivity index (χ4n) is 4.71. The lowest BCUT2D eigenvalue weighted by atomic mass is 9.81. The second-order valence-corrected chi connectivity index (χ2v) is 8.77. The van der Waals surface area contributed by atoms with Crippen molar-refractivity contribution < 1.29 is 41.0 Å². The van der Waals surface area contributed by atoms with Crippen LogP contribution in [0.2, 0.25) is 0 Å². The van der Waals surface area contributed by atoms with E-state index in [0.29, 0.717) is 0 Å². The average Bonchev–Trinajstić information content (AvgIpc) is 3.14. The van der Waals surface area contributed by atoms with Crippen LogP contribution in [0.25, 0.3) is 10.9 Å². The number of halogens is 5. The summed E-state index contributed by atoms with van der Waals surface area (Å²) in [5, 5.41) is -0.164. The third-order valence-electron chi connectivity index (χ3n) is 6.54. The van der Waals surface area contributed by atoms with Gasteiger partial charge in [-0.15, -0.1) is 0 Å². The summed E-state index contributed by atoms with van der Waals surface area (Å²) >= 11 is 0. The molecular formula is C24H22F5N3O5. The van der Waals surface area contributed by atoms with E-state index < -0.39 is 59.7 Å². The smallest absolute Gasteiger partial charge is 0.364 e. The number of carbonyl (C=O) groups is 1. The molecule has 3 heterocycles. The topological polar surface area (TPSA) is 117 Å². The van der Waals surface area contributed by atoms with E-state index in [9.17, 15) is 31.5 Å². The standard InChI is InChI=1S/C24H22F5N3O5/c1-10-11(4-5-12(25)18(10)26)16-20(37-23(2,24(27,28)29)21(16)36-9-35-3)14-8-15(33)17-13(32-14)6-7-31-19(17)22(30)34/h4-8,16,20-21H,9H2,1-3H3,(H2,30,34)(H,32,33)/t16-,20-,21-,23+/m0/s1. The molecule has 0 radical (unpaired) electrons. The highest BCUT2D eigenvalue weighted by Gasteiger charge is 2.67. The van der Waals surface area contributed by atoms with E-state index in [2.05, 4.69) is 9.97 Å². The summed E-state index contributed by atoms with van der Waals surface area (Å²) in [7, 11) is 1.21. The van der Waals surface area contributed by atoms with Gasteiger partial charge in [-0.1, -0.05) is 6.07 Å². The van der Waals surface area contributed by atoms with Gasteiger partial charge >= 0.3 is 6.18 Å². The van der Waals surface area contributed by atoms with Gasteiger partial charge in [0, 0.05) is 31.0 Å². The van der Waals surface area contributed by atoms with Crippen LogP contribution in [0.15, 0.2) is 35.3 Å². The van der Waals surface area contributed by atoms with Crippen LogP contribution in [-0.2, 0) is 14.2 Å². The Morgan fingerprint density at radius 1 is 1.27 bits per heavy atom. The van der Waals surface area contributed by atoms with Crippen molar-refractivity contribution in [1.82, 2.24) is 9.97 Å². The Morgan fingerprint density at radius 2 is 1.97 bits per heavy atom. The Kier molecular flexibility index (Phi) is 6.82. The Morgan fingerprint density at radius 3 is 2.59 bits per heavy atom. The number of ether oxygens (including phenoxy) is 3. The Hall–Kier alpha value is -3.42. The maximum atomic E-state index is 14.6. The number of alkyl halides is 3. The highest BCUT2D eigenvalue weighted by Crippen LogP contribution is 2.56. The van der Waals surface area contributed by atoms with Crippen molar-refractivity contribution >= 4 is 16.8 Å². The van der Waals surface area contributed by atoms with Crippen LogP contribution in [0, 0.1) is 18.6 Å². The molecule has 4 atom stereocenters. The quantitative estimate of drug-likeness (QED) is 0.373. The van der Waals surface area contributed by atoms with Crippen LogP contribution in [0.3, 0.4) is 0 Å². The number of methoxy groups -OCH3 is 1. The fourth-order valence-corrected chi connectivity index (χ4v) is 4.71. The fraction of sp³-hybridized carbons (Fsp3) is 0.375. The second kappa shape index (κ2) is 9.47. The van der Waals surface area contributed by atoms with Gasteiger partial charge < -0.3 is 24.9 Å². The summed E-state index contributed by atoms with van der Waals surface area (Å²) in [6.45, 7) is 1.42. The van der Waals surface area contributed by atoms with Crippen molar-refractivity contribution in [3.05, 3.63) is 74.8 Å².